The second-order valence-electron chi connectivity index (χ2n) is 10.4. The van der Waals surface area contributed by atoms with E-state index < -0.39 is 18.6 Å². The van der Waals surface area contributed by atoms with Crippen LogP contribution >= 0.6 is 0 Å². The van der Waals surface area contributed by atoms with Gasteiger partial charge in [-0.1, -0.05) is 38.9 Å². The van der Waals surface area contributed by atoms with E-state index in [9.17, 15) is 9.90 Å². The third kappa shape index (κ3) is 8.36. The minimum Gasteiger partial charge on any atom is -0.490 e. The fraction of sp³-hybridized carbons (Fsp3) is 0.500. The minimum atomic E-state index is -0.904. The molecular weight excluding hydrogens is 496 g/mol. The number of aliphatic hydroxyl groups is 2. The molecule has 39 heavy (non-hydrogen) atoms. The zero-order valence-corrected chi connectivity index (χ0v) is 24.0. The SMILES string of the molecule is CCc1cc(-c2nc(-c3cc(C)c(OCC(O)CNC(=O)CO)c(CC)c3)no2)ccc1CN(C)CC(C)C. The molecule has 9 nitrogen and oxygen atoms in total. The normalized spacial score (nSPS) is 12.3. The number of carbonyl (C=O) groups is 1. The summed E-state index contributed by atoms with van der Waals surface area (Å²) < 4.78 is 11.6. The van der Waals surface area contributed by atoms with Crippen molar-refractivity contribution in [3.63, 3.8) is 0 Å². The number of benzene rings is 2. The van der Waals surface area contributed by atoms with Gasteiger partial charge in [-0.3, -0.25) is 4.79 Å². The molecule has 3 N–H and O–H groups in total. The number of amides is 1. The van der Waals surface area contributed by atoms with Gasteiger partial charge in [-0.2, -0.15) is 4.98 Å². The molecule has 0 saturated carbocycles. The first-order valence-electron chi connectivity index (χ1n) is 13.6. The Morgan fingerprint density at radius 1 is 1.10 bits per heavy atom. The van der Waals surface area contributed by atoms with Gasteiger partial charge < -0.3 is 29.7 Å². The Morgan fingerprint density at radius 3 is 2.49 bits per heavy atom. The number of aliphatic hydroxyl groups excluding tert-OH is 2. The number of hydrogen-bond donors (Lipinski definition) is 3. The third-order valence-electron chi connectivity index (χ3n) is 6.47. The molecule has 0 aliphatic carbocycles. The maximum absolute atomic E-state index is 11.2. The highest BCUT2D eigenvalue weighted by atomic mass is 16.5. The van der Waals surface area contributed by atoms with Gasteiger partial charge in [0, 0.05) is 30.8 Å². The molecule has 212 valence electrons. The Labute approximate surface area is 231 Å². The highest BCUT2D eigenvalue weighted by Gasteiger charge is 2.17. The number of nitrogens with zero attached hydrogens (tertiary/aromatic N) is 3. The Kier molecular flexibility index (Phi) is 11.0. The van der Waals surface area contributed by atoms with Gasteiger partial charge in [-0.15, -0.1) is 0 Å². The van der Waals surface area contributed by atoms with Crippen molar-refractivity contribution in [3.05, 3.63) is 52.6 Å². The molecule has 3 aromatic rings. The highest BCUT2D eigenvalue weighted by molar-refractivity contribution is 5.76. The van der Waals surface area contributed by atoms with E-state index >= 15 is 0 Å². The molecule has 0 saturated heterocycles. The van der Waals surface area contributed by atoms with Crippen LogP contribution in [0.1, 0.15) is 49.9 Å². The lowest BCUT2D eigenvalue weighted by molar-refractivity contribution is -0.124. The number of carbonyl (C=O) groups excluding carboxylic acids is 1. The van der Waals surface area contributed by atoms with Gasteiger partial charge in [0.05, 0.1) is 0 Å². The summed E-state index contributed by atoms with van der Waals surface area (Å²) in [6.45, 7) is 11.9. The van der Waals surface area contributed by atoms with Crippen LogP contribution in [-0.4, -0.2) is 70.6 Å². The van der Waals surface area contributed by atoms with Crippen molar-refractivity contribution in [2.75, 3.05) is 33.4 Å². The van der Waals surface area contributed by atoms with Crippen LogP contribution in [0.4, 0.5) is 0 Å². The first-order valence-corrected chi connectivity index (χ1v) is 13.6. The molecule has 0 spiro atoms. The Hall–Kier alpha value is -3.27. The summed E-state index contributed by atoms with van der Waals surface area (Å²) in [6, 6.07) is 10.3. The third-order valence-corrected chi connectivity index (χ3v) is 6.47. The first-order chi connectivity index (χ1) is 18.6. The van der Waals surface area contributed by atoms with Crippen molar-refractivity contribution in [3.8, 4) is 28.6 Å². The summed E-state index contributed by atoms with van der Waals surface area (Å²) in [6.07, 6.45) is 0.723. The average Bonchev–Trinajstić information content (AvgIpc) is 3.40. The second kappa shape index (κ2) is 14.2. The topological polar surface area (TPSA) is 121 Å². The molecule has 0 aliphatic rings. The molecule has 0 aliphatic heterocycles. The molecule has 1 atom stereocenters. The Bertz CT molecular complexity index is 1240. The van der Waals surface area contributed by atoms with Crippen LogP contribution in [0.5, 0.6) is 5.75 Å². The summed E-state index contributed by atoms with van der Waals surface area (Å²) in [7, 11) is 2.15. The summed E-state index contributed by atoms with van der Waals surface area (Å²) in [5.41, 5.74) is 6.13. The van der Waals surface area contributed by atoms with Gasteiger partial charge in [0.15, 0.2) is 0 Å². The molecule has 2 aromatic carbocycles. The van der Waals surface area contributed by atoms with E-state index in [-0.39, 0.29) is 13.2 Å². The van der Waals surface area contributed by atoms with Gasteiger partial charge in [0.2, 0.25) is 11.7 Å². The van der Waals surface area contributed by atoms with Crippen LogP contribution in [0.3, 0.4) is 0 Å². The molecule has 0 fully saturated rings. The maximum atomic E-state index is 11.2. The number of aromatic nitrogens is 2. The smallest absolute Gasteiger partial charge is 0.258 e. The molecule has 9 heteroatoms. The minimum absolute atomic E-state index is 0.00100. The zero-order chi connectivity index (χ0) is 28.5. The van der Waals surface area contributed by atoms with Crippen molar-refractivity contribution in [2.24, 2.45) is 5.92 Å². The fourth-order valence-corrected chi connectivity index (χ4v) is 4.65. The number of nitrogens with one attached hydrogen (secondary N) is 1. The molecule has 3 rings (SSSR count). The van der Waals surface area contributed by atoms with E-state index in [1.54, 1.807) is 0 Å². The predicted molar refractivity (Wildman–Crippen MR) is 151 cm³/mol. The average molecular weight is 539 g/mol. The molecule has 1 aromatic heterocycles. The standard InChI is InChI=1S/C30H42N4O5/c1-7-21-12-23(9-10-24(21)16-34(6)15-19(3)4)30-32-29(33-39-30)25-11-20(5)28(22(8-2)13-25)38-18-26(36)14-31-27(37)17-35/h9-13,19,26,35-36H,7-8,14-18H2,1-6H3,(H,31,37). The van der Waals surface area contributed by atoms with Crippen LogP contribution in [0.2, 0.25) is 0 Å². The summed E-state index contributed by atoms with van der Waals surface area (Å²) in [5.74, 6) is 1.74. The van der Waals surface area contributed by atoms with E-state index in [1.807, 2.05) is 32.0 Å². The summed E-state index contributed by atoms with van der Waals surface area (Å²) in [4.78, 5) is 18.2. The number of ether oxygens (including phenoxy) is 1. The fourth-order valence-electron chi connectivity index (χ4n) is 4.65. The van der Waals surface area contributed by atoms with Crippen LogP contribution in [0.15, 0.2) is 34.9 Å². The summed E-state index contributed by atoms with van der Waals surface area (Å²) in [5, 5.41) is 25.6. The Morgan fingerprint density at radius 2 is 1.82 bits per heavy atom. The largest absolute Gasteiger partial charge is 0.490 e. The van der Waals surface area contributed by atoms with Crippen molar-refractivity contribution in [1.82, 2.24) is 20.4 Å². The first kappa shape index (κ1) is 30.3. The summed E-state index contributed by atoms with van der Waals surface area (Å²) >= 11 is 0. The monoisotopic (exact) mass is 538 g/mol. The van der Waals surface area contributed by atoms with E-state index in [0.29, 0.717) is 29.8 Å². The van der Waals surface area contributed by atoms with Crippen molar-refractivity contribution >= 4 is 5.91 Å². The van der Waals surface area contributed by atoms with E-state index in [1.165, 1.54) is 11.1 Å². The molecule has 1 unspecified atom stereocenters. The van der Waals surface area contributed by atoms with Crippen LogP contribution in [0, 0.1) is 12.8 Å². The molecule has 0 bridgehead atoms. The lowest BCUT2D eigenvalue weighted by Gasteiger charge is -2.20. The molecular formula is C30H42N4O5. The quantitative estimate of drug-likeness (QED) is 0.284. The zero-order valence-electron chi connectivity index (χ0n) is 24.0. The van der Waals surface area contributed by atoms with E-state index in [4.69, 9.17) is 19.4 Å². The predicted octanol–water partition coefficient (Wildman–Crippen LogP) is 3.77. The van der Waals surface area contributed by atoms with Gasteiger partial charge in [-0.25, -0.2) is 0 Å². The van der Waals surface area contributed by atoms with E-state index in [2.05, 4.69) is 55.3 Å². The highest BCUT2D eigenvalue weighted by Crippen LogP contribution is 2.31. The van der Waals surface area contributed by atoms with Crippen molar-refractivity contribution in [1.29, 1.82) is 0 Å². The van der Waals surface area contributed by atoms with Gasteiger partial charge >= 0.3 is 0 Å². The molecule has 1 amide bonds. The number of aryl methyl sites for hydroxylation is 3. The lowest BCUT2D eigenvalue weighted by Crippen LogP contribution is -2.36. The second-order valence-corrected chi connectivity index (χ2v) is 10.4. The van der Waals surface area contributed by atoms with Gasteiger partial charge in [0.1, 0.15) is 25.1 Å². The number of rotatable bonds is 14. The van der Waals surface area contributed by atoms with Crippen molar-refractivity contribution in [2.45, 2.75) is 60.1 Å². The van der Waals surface area contributed by atoms with Gasteiger partial charge in [-0.05, 0) is 79.3 Å². The van der Waals surface area contributed by atoms with Crippen molar-refractivity contribution < 1.29 is 24.3 Å². The van der Waals surface area contributed by atoms with Crippen LogP contribution < -0.4 is 10.1 Å². The lowest BCUT2D eigenvalue weighted by atomic mass is 10.0. The van der Waals surface area contributed by atoms with E-state index in [0.717, 1.165) is 41.8 Å². The van der Waals surface area contributed by atoms with Gasteiger partial charge in [0.25, 0.3) is 5.89 Å². The molecule has 1 heterocycles. The Balaban J connectivity index is 1.76. The molecule has 0 radical (unpaired) electrons. The van der Waals surface area contributed by atoms with Crippen LogP contribution in [0.25, 0.3) is 22.8 Å². The number of hydrogen-bond acceptors (Lipinski definition) is 8. The maximum Gasteiger partial charge on any atom is 0.258 e. The van der Waals surface area contributed by atoms with Crippen LogP contribution in [-0.2, 0) is 24.2 Å².